The second-order valence-electron chi connectivity index (χ2n) is 5.66. The van der Waals surface area contributed by atoms with Crippen molar-refractivity contribution in [1.82, 2.24) is 10.2 Å². The Morgan fingerprint density at radius 2 is 1.94 bits per heavy atom. The lowest BCUT2D eigenvalue weighted by atomic mass is 10.1. The number of nitrogens with two attached hydrogens (primary N) is 1. The quantitative estimate of drug-likeness (QED) is 0.832. The molecule has 0 amide bonds. The summed E-state index contributed by atoms with van der Waals surface area (Å²) in [5.74, 6) is 0. The minimum absolute atomic E-state index is 0.402. The summed E-state index contributed by atoms with van der Waals surface area (Å²) >= 11 is 0. The first-order valence-corrected chi connectivity index (χ1v) is 6.85. The van der Waals surface area contributed by atoms with E-state index >= 15 is 0 Å². The molecule has 0 heterocycles. The van der Waals surface area contributed by atoms with Crippen molar-refractivity contribution in [2.75, 3.05) is 14.1 Å². The average molecular weight is 247 g/mol. The number of rotatable bonds is 5. The minimum atomic E-state index is 0.402. The zero-order chi connectivity index (χ0) is 13.0. The summed E-state index contributed by atoms with van der Waals surface area (Å²) in [5.41, 5.74) is 8.77. The Labute approximate surface area is 110 Å². The standard InChI is InChI=1S/C15H25N3/c1-18(2)11-13-6-4-3-5-12(13)10-17-15-8-7-14(16)9-15/h3-6,14-15,17H,7-11,16H2,1-2H3. The van der Waals surface area contributed by atoms with Gasteiger partial charge in [-0.15, -0.1) is 0 Å². The molecule has 18 heavy (non-hydrogen) atoms. The SMILES string of the molecule is CN(C)Cc1ccccc1CNC1CCC(N)C1. The molecule has 1 aliphatic carbocycles. The molecule has 2 atom stereocenters. The third-order valence-electron chi connectivity index (χ3n) is 3.66. The molecule has 1 aromatic rings. The molecule has 1 aliphatic rings. The Morgan fingerprint density at radius 3 is 2.56 bits per heavy atom. The average Bonchev–Trinajstić information content (AvgIpc) is 2.73. The number of nitrogens with zero attached hydrogens (tertiary/aromatic N) is 1. The highest BCUT2D eigenvalue weighted by molar-refractivity contribution is 5.27. The van der Waals surface area contributed by atoms with Gasteiger partial charge in [-0.05, 0) is 44.5 Å². The third-order valence-corrected chi connectivity index (χ3v) is 3.66. The molecule has 100 valence electrons. The van der Waals surface area contributed by atoms with Crippen LogP contribution in [0.4, 0.5) is 0 Å². The Balaban J connectivity index is 1.92. The maximum atomic E-state index is 5.94. The molecule has 2 rings (SSSR count). The van der Waals surface area contributed by atoms with Gasteiger partial charge in [0.05, 0.1) is 0 Å². The van der Waals surface area contributed by atoms with E-state index in [2.05, 4.69) is 48.6 Å². The van der Waals surface area contributed by atoms with E-state index in [0.717, 1.165) is 25.9 Å². The molecule has 2 unspecified atom stereocenters. The van der Waals surface area contributed by atoms with E-state index in [1.807, 2.05) is 0 Å². The van der Waals surface area contributed by atoms with Gasteiger partial charge in [0.15, 0.2) is 0 Å². The van der Waals surface area contributed by atoms with Crippen molar-refractivity contribution in [3.05, 3.63) is 35.4 Å². The van der Waals surface area contributed by atoms with Crippen molar-refractivity contribution in [2.45, 2.75) is 44.4 Å². The van der Waals surface area contributed by atoms with Crippen LogP contribution in [0.25, 0.3) is 0 Å². The summed E-state index contributed by atoms with van der Waals surface area (Å²) in [6.45, 7) is 1.96. The fourth-order valence-corrected chi connectivity index (χ4v) is 2.68. The Bertz CT molecular complexity index is 376. The van der Waals surface area contributed by atoms with Crippen molar-refractivity contribution in [2.24, 2.45) is 5.73 Å². The van der Waals surface area contributed by atoms with E-state index in [9.17, 15) is 0 Å². The number of hydrogen-bond donors (Lipinski definition) is 2. The van der Waals surface area contributed by atoms with Crippen molar-refractivity contribution in [1.29, 1.82) is 0 Å². The van der Waals surface area contributed by atoms with E-state index in [0.29, 0.717) is 12.1 Å². The lowest BCUT2D eigenvalue weighted by Gasteiger charge is -2.17. The van der Waals surface area contributed by atoms with Crippen LogP contribution in [-0.4, -0.2) is 31.1 Å². The predicted octanol–water partition coefficient (Wildman–Crippen LogP) is 1.72. The molecule has 1 aromatic carbocycles. The first-order chi connectivity index (χ1) is 8.65. The van der Waals surface area contributed by atoms with E-state index in [1.54, 1.807) is 0 Å². The summed E-state index contributed by atoms with van der Waals surface area (Å²) in [7, 11) is 4.22. The fourth-order valence-electron chi connectivity index (χ4n) is 2.68. The predicted molar refractivity (Wildman–Crippen MR) is 76.3 cm³/mol. The minimum Gasteiger partial charge on any atom is -0.328 e. The summed E-state index contributed by atoms with van der Waals surface area (Å²) in [6, 6.07) is 9.69. The highest BCUT2D eigenvalue weighted by Gasteiger charge is 2.21. The molecule has 3 heteroatoms. The van der Waals surface area contributed by atoms with Crippen LogP contribution in [0, 0.1) is 0 Å². The van der Waals surface area contributed by atoms with Gasteiger partial charge in [0, 0.05) is 25.2 Å². The second-order valence-corrected chi connectivity index (χ2v) is 5.66. The van der Waals surface area contributed by atoms with Crippen molar-refractivity contribution in [3.63, 3.8) is 0 Å². The molecular formula is C15H25N3. The number of hydrogen-bond acceptors (Lipinski definition) is 3. The molecule has 1 fully saturated rings. The van der Waals surface area contributed by atoms with Gasteiger partial charge in [0.1, 0.15) is 0 Å². The molecule has 0 bridgehead atoms. The van der Waals surface area contributed by atoms with Crippen LogP contribution >= 0.6 is 0 Å². The summed E-state index contributed by atoms with van der Waals surface area (Å²) in [6.07, 6.45) is 3.50. The molecule has 0 aromatic heterocycles. The maximum absolute atomic E-state index is 5.94. The van der Waals surface area contributed by atoms with Gasteiger partial charge in [0.25, 0.3) is 0 Å². The Morgan fingerprint density at radius 1 is 1.22 bits per heavy atom. The van der Waals surface area contributed by atoms with Gasteiger partial charge >= 0.3 is 0 Å². The lowest BCUT2D eigenvalue weighted by molar-refractivity contribution is 0.399. The smallest absolute Gasteiger partial charge is 0.0230 e. The molecule has 3 N–H and O–H groups in total. The van der Waals surface area contributed by atoms with E-state index in [-0.39, 0.29) is 0 Å². The van der Waals surface area contributed by atoms with Crippen LogP contribution < -0.4 is 11.1 Å². The van der Waals surface area contributed by atoms with E-state index in [4.69, 9.17) is 5.73 Å². The zero-order valence-corrected chi connectivity index (χ0v) is 11.5. The van der Waals surface area contributed by atoms with Gasteiger partial charge in [0.2, 0.25) is 0 Å². The number of nitrogens with one attached hydrogen (secondary N) is 1. The summed E-state index contributed by atoms with van der Waals surface area (Å²) in [4.78, 5) is 2.21. The normalized spacial score (nSPS) is 23.8. The lowest BCUT2D eigenvalue weighted by Crippen LogP contribution is -2.28. The fraction of sp³-hybridized carbons (Fsp3) is 0.600. The van der Waals surface area contributed by atoms with Crippen LogP contribution in [0.2, 0.25) is 0 Å². The first-order valence-electron chi connectivity index (χ1n) is 6.85. The van der Waals surface area contributed by atoms with E-state index < -0.39 is 0 Å². The van der Waals surface area contributed by atoms with Gasteiger partial charge in [-0.3, -0.25) is 0 Å². The third kappa shape index (κ3) is 3.80. The van der Waals surface area contributed by atoms with Crippen molar-refractivity contribution in [3.8, 4) is 0 Å². The summed E-state index contributed by atoms with van der Waals surface area (Å²) < 4.78 is 0. The highest BCUT2D eigenvalue weighted by Crippen LogP contribution is 2.18. The van der Waals surface area contributed by atoms with Crippen LogP contribution in [0.15, 0.2) is 24.3 Å². The first kappa shape index (κ1) is 13.5. The van der Waals surface area contributed by atoms with Crippen LogP contribution in [0.1, 0.15) is 30.4 Å². The van der Waals surface area contributed by atoms with Crippen molar-refractivity contribution >= 4 is 0 Å². The highest BCUT2D eigenvalue weighted by atomic mass is 15.0. The summed E-state index contributed by atoms with van der Waals surface area (Å²) in [5, 5.41) is 3.64. The van der Waals surface area contributed by atoms with Gasteiger partial charge < -0.3 is 16.0 Å². The molecule has 0 radical (unpaired) electrons. The van der Waals surface area contributed by atoms with Gasteiger partial charge in [-0.2, -0.15) is 0 Å². The number of benzene rings is 1. The Hall–Kier alpha value is -0.900. The van der Waals surface area contributed by atoms with Gasteiger partial charge in [-0.25, -0.2) is 0 Å². The van der Waals surface area contributed by atoms with Crippen LogP contribution in [-0.2, 0) is 13.1 Å². The molecule has 0 aliphatic heterocycles. The monoisotopic (exact) mass is 247 g/mol. The van der Waals surface area contributed by atoms with E-state index in [1.165, 1.54) is 17.5 Å². The van der Waals surface area contributed by atoms with Crippen LogP contribution in [0.5, 0.6) is 0 Å². The molecule has 1 saturated carbocycles. The molecular weight excluding hydrogens is 222 g/mol. The molecule has 0 spiro atoms. The second kappa shape index (κ2) is 6.32. The topological polar surface area (TPSA) is 41.3 Å². The molecule has 0 saturated heterocycles. The van der Waals surface area contributed by atoms with Gasteiger partial charge in [-0.1, -0.05) is 24.3 Å². The molecule has 3 nitrogen and oxygen atoms in total. The Kier molecular flexibility index (Phi) is 4.75. The van der Waals surface area contributed by atoms with Crippen molar-refractivity contribution < 1.29 is 0 Å². The maximum Gasteiger partial charge on any atom is 0.0230 e. The largest absolute Gasteiger partial charge is 0.328 e. The van der Waals surface area contributed by atoms with Crippen LogP contribution in [0.3, 0.4) is 0 Å². The zero-order valence-electron chi connectivity index (χ0n) is 11.5.